The van der Waals surface area contributed by atoms with E-state index in [9.17, 15) is 0 Å². The van der Waals surface area contributed by atoms with E-state index in [1.165, 1.54) is 11.0 Å². The molecule has 1 aromatic carbocycles. The van der Waals surface area contributed by atoms with Gasteiger partial charge in [0.2, 0.25) is 0 Å². The molecule has 0 spiro atoms. The largest absolute Gasteiger partial charge is 0.378 e. The molecule has 1 atom stereocenters. The van der Waals surface area contributed by atoms with Crippen molar-refractivity contribution in [2.75, 3.05) is 19.0 Å². The Hall–Kier alpha value is -0.485. The second-order valence-electron chi connectivity index (χ2n) is 2.49. The summed E-state index contributed by atoms with van der Waals surface area (Å²) in [6.45, 7) is 0. The van der Waals surface area contributed by atoms with Crippen LogP contribution in [0.4, 0.5) is 5.69 Å². The van der Waals surface area contributed by atoms with Crippen LogP contribution in [0.25, 0.3) is 0 Å². The molecule has 0 amide bonds. The van der Waals surface area contributed by atoms with Crippen LogP contribution in [0.5, 0.6) is 0 Å². The Morgan fingerprint density at radius 3 is 1.91 bits per heavy atom. The van der Waals surface area contributed by atoms with E-state index in [4.69, 9.17) is 0 Å². The van der Waals surface area contributed by atoms with E-state index in [2.05, 4.69) is 38.4 Å². The molecular formula is C8H12BNP. The molecule has 0 aliphatic rings. The summed E-state index contributed by atoms with van der Waals surface area (Å²) in [5, 5.41) is 1.23. The summed E-state index contributed by atoms with van der Waals surface area (Å²) < 4.78 is 0. The summed E-state index contributed by atoms with van der Waals surface area (Å²) in [5.41, 5.74) is 1.24. The maximum atomic E-state index is 2.67. The fourth-order valence-electron chi connectivity index (χ4n) is 0.772. The summed E-state index contributed by atoms with van der Waals surface area (Å²) in [4.78, 5) is 2.09. The summed E-state index contributed by atoms with van der Waals surface area (Å²) in [7, 11) is 6.74. The molecule has 0 fully saturated rings. The fourth-order valence-corrected chi connectivity index (χ4v) is 0.965. The van der Waals surface area contributed by atoms with Crippen molar-refractivity contribution >= 4 is 28.6 Å². The monoisotopic (exact) mass is 164 g/mol. The molecule has 0 saturated carbocycles. The van der Waals surface area contributed by atoms with E-state index < -0.39 is 0 Å². The van der Waals surface area contributed by atoms with Gasteiger partial charge in [0, 0.05) is 28.2 Å². The molecule has 0 bridgehead atoms. The SMILES string of the molecule is CN(C)c1ccc(P)cc1.[B]. The Morgan fingerprint density at radius 1 is 1.09 bits per heavy atom. The predicted molar refractivity (Wildman–Crippen MR) is 55.9 cm³/mol. The van der Waals surface area contributed by atoms with Gasteiger partial charge in [0.1, 0.15) is 0 Å². The molecule has 3 heteroatoms. The normalized spacial score (nSPS) is 8.64. The third-order valence-electron chi connectivity index (χ3n) is 1.41. The molecule has 0 aliphatic carbocycles. The van der Waals surface area contributed by atoms with Crippen LogP contribution in [0.2, 0.25) is 0 Å². The average Bonchev–Trinajstić information content (AvgIpc) is 1.88. The Kier molecular flexibility index (Phi) is 4.21. The second-order valence-corrected chi connectivity index (χ2v) is 3.15. The molecule has 0 saturated heterocycles. The second kappa shape index (κ2) is 4.40. The minimum absolute atomic E-state index is 0. The number of anilines is 1. The van der Waals surface area contributed by atoms with Crippen LogP contribution in [0.1, 0.15) is 0 Å². The number of hydrogen-bond donors (Lipinski definition) is 0. The predicted octanol–water partition coefficient (Wildman–Crippen LogP) is 0.872. The first-order chi connectivity index (χ1) is 4.70. The Labute approximate surface area is 72.6 Å². The third-order valence-corrected chi connectivity index (χ3v) is 1.79. The van der Waals surface area contributed by atoms with Gasteiger partial charge in [-0.1, -0.05) is 12.1 Å². The fraction of sp³-hybridized carbons (Fsp3) is 0.250. The molecule has 0 heterocycles. The zero-order valence-corrected chi connectivity index (χ0v) is 8.07. The molecule has 0 aliphatic heterocycles. The smallest absolute Gasteiger partial charge is 0.0361 e. The zero-order valence-electron chi connectivity index (χ0n) is 6.91. The van der Waals surface area contributed by atoms with Gasteiger partial charge in [-0.15, -0.1) is 9.24 Å². The molecule has 0 aromatic heterocycles. The highest BCUT2D eigenvalue weighted by atomic mass is 31.0. The minimum Gasteiger partial charge on any atom is -0.378 e. The highest BCUT2D eigenvalue weighted by Gasteiger charge is 1.90. The van der Waals surface area contributed by atoms with Crippen molar-refractivity contribution in [2.45, 2.75) is 0 Å². The first kappa shape index (κ1) is 10.5. The van der Waals surface area contributed by atoms with Gasteiger partial charge in [0.25, 0.3) is 0 Å². The van der Waals surface area contributed by atoms with Crippen LogP contribution < -0.4 is 10.2 Å². The van der Waals surface area contributed by atoms with Gasteiger partial charge >= 0.3 is 0 Å². The van der Waals surface area contributed by atoms with E-state index in [0.29, 0.717) is 0 Å². The standard InChI is InChI=1S/C8H12NP.B/c1-9(2)7-3-5-8(10)6-4-7;/h3-6H,10H2,1-2H3;. The molecular weight excluding hydrogens is 152 g/mol. The van der Waals surface area contributed by atoms with Crippen molar-refractivity contribution in [1.29, 1.82) is 0 Å². The first-order valence-corrected chi connectivity index (χ1v) is 3.81. The first-order valence-electron chi connectivity index (χ1n) is 3.23. The van der Waals surface area contributed by atoms with Gasteiger partial charge in [-0.25, -0.2) is 0 Å². The molecule has 1 unspecified atom stereocenters. The Bertz CT molecular complexity index is 208. The highest BCUT2D eigenvalue weighted by molar-refractivity contribution is 7.27. The van der Waals surface area contributed by atoms with Crippen LogP contribution in [-0.2, 0) is 0 Å². The summed E-state index contributed by atoms with van der Waals surface area (Å²) in [6.07, 6.45) is 0. The molecule has 1 nitrogen and oxygen atoms in total. The van der Waals surface area contributed by atoms with E-state index in [-0.39, 0.29) is 8.41 Å². The summed E-state index contributed by atoms with van der Waals surface area (Å²) >= 11 is 0. The lowest BCUT2D eigenvalue weighted by Gasteiger charge is -2.11. The highest BCUT2D eigenvalue weighted by Crippen LogP contribution is 2.07. The maximum absolute atomic E-state index is 2.67. The lowest BCUT2D eigenvalue weighted by molar-refractivity contribution is 1.13. The van der Waals surface area contributed by atoms with Gasteiger partial charge in [-0.3, -0.25) is 0 Å². The molecule has 1 rings (SSSR count). The van der Waals surface area contributed by atoms with E-state index in [0.717, 1.165) is 0 Å². The average molecular weight is 164 g/mol. The quantitative estimate of drug-likeness (QED) is 0.439. The van der Waals surface area contributed by atoms with Crippen molar-refractivity contribution in [3.8, 4) is 0 Å². The topological polar surface area (TPSA) is 3.24 Å². The van der Waals surface area contributed by atoms with Gasteiger partial charge in [0.15, 0.2) is 0 Å². The number of rotatable bonds is 1. The van der Waals surface area contributed by atoms with Crippen molar-refractivity contribution < 1.29 is 0 Å². The third kappa shape index (κ3) is 2.94. The Balaban J connectivity index is 0.000001000. The molecule has 11 heavy (non-hydrogen) atoms. The van der Waals surface area contributed by atoms with Crippen molar-refractivity contribution in [3.05, 3.63) is 24.3 Å². The van der Waals surface area contributed by atoms with Crippen LogP contribution in [0, 0.1) is 0 Å². The van der Waals surface area contributed by atoms with Gasteiger partial charge in [-0.2, -0.15) is 0 Å². The maximum Gasteiger partial charge on any atom is 0.0361 e. The van der Waals surface area contributed by atoms with Gasteiger partial charge in [-0.05, 0) is 17.4 Å². The molecule has 0 N–H and O–H groups in total. The van der Waals surface area contributed by atoms with E-state index in [1.807, 2.05) is 14.1 Å². The lowest BCUT2D eigenvalue weighted by atomic mass is 10.3. The van der Waals surface area contributed by atoms with Crippen molar-refractivity contribution in [2.24, 2.45) is 0 Å². The van der Waals surface area contributed by atoms with Crippen LogP contribution in [-0.4, -0.2) is 22.5 Å². The van der Waals surface area contributed by atoms with Crippen LogP contribution in [0.3, 0.4) is 0 Å². The van der Waals surface area contributed by atoms with E-state index >= 15 is 0 Å². The van der Waals surface area contributed by atoms with E-state index in [1.54, 1.807) is 0 Å². The summed E-state index contributed by atoms with van der Waals surface area (Å²) in [6, 6.07) is 8.37. The number of nitrogens with zero attached hydrogens (tertiary/aromatic N) is 1. The number of benzene rings is 1. The molecule has 1 aromatic rings. The Morgan fingerprint density at radius 2 is 1.55 bits per heavy atom. The van der Waals surface area contributed by atoms with Crippen LogP contribution >= 0.6 is 9.24 Å². The number of hydrogen-bond acceptors (Lipinski definition) is 1. The van der Waals surface area contributed by atoms with Gasteiger partial charge in [0.05, 0.1) is 0 Å². The molecule has 3 radical (unpaired) electrons. The lowest BCUT2D eigenvalue weighted by Crippen LogP contribution is -2.08. The minimum atomic E-state index is 0. The molecule has 57 valence electrons. The van der Waals surface area contributed by atoms with Gasteiger partial charge < -0.3 is 4.90 Å². The van der Waals surface area contributed by atoms with Crippen LogP contribution in [0.15, 0.2) is 24.3 Å². The zero-order chi connectivity index (χ0) is 7.56. The van der Waals surface area contributed by atoms with Crippen molar-refractivity contribution in [1.82, 2.24) is 0 Å². The van der Waals surface area contributed by atoms with Crippen molar-refractivity contribution in [3.63, 3.8) is 0 Å². The summed E-state index contributed by atoms with van der Waals surface area (Å²) in [5.74, 6) is 0.